The molecule has 6 nitrogen and oxygen atoms in total. The Kier molecular flexibility index (Phi) is 10.5. The van der Waals surface area contributed by atoms with Gasteiger partial charge in [-0.05, 0) is 44.8 Å². The maximum atomic E-state index is 11.4. The normalized spacial score (nSPS) is 17.5. The van der Waals surface area contributed by atoms with Crippen LogP contribution in [0.2, 0.25) is 0 Å². The Morgan fingerprint density at radius 2 is 1.56 bits per heavy atom. The molecule has 0 aliphatic carbocycles. The van der Waals surface area contributed by atoms with Crippen molar-refractivity contribution in [1.29, 1.82) is 0 Å². The third-order valence-corrected chi connectivity index (χ3v) is 6.22. The average molecular weight is 449 g/mol. The van der Waals surface area contributed by atoms with Crippen molar-refractivity contribution in [2.45, 2.75) is 111 Å². The standard InChI is InChI=1S/C26H43N2O4/c1-6-7-8-9-10-11-12-13-14-15-18-31-23-16-17-25-24(19-23)27(21(2)3)20-28(25,22(4)5)32-26(29)30/h16-17,19-22H,6-15,18H2,1-5H3/q+1/p+1. The molecule has 1 aliphatic rings. The zero-order valence-electron chi connectivity index (χ0n) is 20.8. The SMILES string of the molecule is CCCCCCCCCCCCOc1ccc2c(c1)[N+](C(C)C)=C[N+]2(OC(=O)O)C(C)C. The van der Waals surface area contributed by atoms with Gasteiger partial charge in [0.05, 0.1) is 12.7 Å². The Balaban J connectivity index is 1.89. The van der Waals surface area contributed by atoms with Crippen LogP contribution in [0.1, 0.15) is 98.8 Å². The Hall–Kier alpha value is -2.08. The van der Waals surface area contributed by atoms with Crippen LogP contribution in [0.25, 0.3) is 0 Å². The summed E-state index contributed by atoms with van der Waals surface area (Å²) < 4.78 is 7.95. The van der Waals surface area contributed by atoms with E-state index in [1.807, 2.05) is 38.4 Å². The number of fused-ring (bicyclic) bond motifs is 1. The second-order valence-electron chi connectivity index (χ2n) is 9.46. The van der Waals surface area contributed by atoms with Gasteiger partial charge in [-0.25, -0.2) is 4.84 Å². The number of quaternary nitrogens is 1. The summed E-state index contributed by atoms with van der Waals surface area (Å²) in [5, 5.41) is 9.36. The molecule has 1 aromatic carbocycles. The summed E-state index contributed by atoms with van der Waals surface area (Å²) in [6, 6.07) is 5.95. The van der Waals surface area contributed by atoms with Gasteiger partial charge < -0.3 is 9.84 Å². The predicted molar refractivity (Wildman–Crippen MR) is 131 cm³/mol. The molecule has 1 aromatic rings. The maximum Gasteiger partial charge on any atom is 0.558 e. The molecular formula is C26H44N2O4+2. The number of unbranched alkanes of at least 4 members (excludes halogenated alkanes) is 9. The molecule has 0 bridgehead atoms. The number of ether oxygens (including phenoxy) is 1. The summed E-state index contributed by atoms with van der Waals surface area (Å²) in [6.07, 6.45) is 13.6. The van der Waals surface area contributed by atoms with Crippen molar-refractivity contribution < 1.29 is 24.1 Å². The Bertz CT molecular complexity index is 760. The van der Waals surface area contributed by atoms with Crippen LogP contribution in [0.4, 0.5) is 16.2 Å². The van der Waals surface area contributed by atoms with Gasteiger partial charge in [0.15, 0.2) is 6.04 Å². The van der Waals surface area contributed by atoms with Crippen LogP contribution < -0.4 is 9.38 Å². The lowest BCUT2D eigenvalue weighted by atomic mass is 10.1. The van der Waals surface area contributed by atoms with Gasteiger partial charge in [-0.3, -0.25) is 0 Å². The number of carboxylic acid groups (broad SMARTS) is 1. The van der Waals surface area contributed by atoms with Gasteiger partial charge in [0.2, 0.25) is 0 Å². The first-order valence-corrected chi connectivity index (χ1v) is 12.5. The van der Waals surface area contributed by atoms with Crippen molar-refractivity contribution in [3.63, 3.8) is 0 Å². The molecule has 6 heteroatoms. The van der Waals surface area contributed by atoms with E-state index in [1.54, 1.807) is 0 Å². The molecule has 1 N–H and O–H groups in total. The molecule has 0 spiro atoms. The van der Waals surface area contributed by atoms with E-state index in [9.17, 15) is 9.90 Å². The maximum absolute atomic E-state index is 11.4. The topological polar surface area (TPSA) is 58.8 Å². The highest BCUT2D eigenvalue weighted by Crippen LogP contribution is 2.43. The van der Waals surface area contributed by atoms with Gasteiger partial charge in [-0.2, -0.15) is 4.79 Å². The van der Waals surface area contributed by atoms with Crippen molar-refractivity contribution >= 4 is 23.9 Å². The fourth-order valence-corrected chi connectivity index (χ4v) is 4.31. The molecule has 1 heterocycles. The summed E-state index contributed by atoms with van der Waals surface area (Å²) in [6.45, 7) is 11.1. The number of hydrogen-bond donors (Lipinski definition) is 1. The van der Waals surface area contributed by atoms with Crippen LogP contribution in [-0.4, -0.2) is 40.9 Å². The molecule has 1 atom stereocenters. The number of hydroxylamine groups is 2. The van der Waals surface area contributed by atoms with Gasteiger partial charge in [0, 0.05) is 6.07 Å². The summed E-state index contributed by atoms with van der Waals surface area (Å²) in [5.74, 6) is 0.817. The Morgan fingerprint density at radius 1 is 0.969 bits per heavy atom. The van der Waals surface area contributed by atoms with Crippen molar-refractivity contribution in [2.75, 3.05) is 6.61 Å². The highest BCUT2D eigenvalue weighted by molar-refractivity contribution is 5.83. The minimum absolute atomic E-state index is 0.0907. The number of hydrogen-bond acceptors (Lipinski definition) is 3. The molecule has 1 unspecified atom stereocenters. The van der Waals surface area contributed by atoms with E-state index in [0.29, 0.717) is 6.61 Å². The Morgan fingerprint density at radius 3 is 2.09 bits per heavy atom. The van der Waals surface area contributed by atoms with Crippen molar-refractivity contribution in [3.05, 3.63) is 18.2 Å². The van der Waals surface area contributed by atoms with Gasteiger partial charge in [-0.1, -0.05) is 64.7 Å². The lowest BCUT2D eigenvalue weighted by Gasteiger charge is -2.25. The molecule has 180 valence electrons. The van der Waals surface area contributed by atoms with E-state index in [0.717, 1.165) is 23.5 Å². The van der Waals surface area contributed by atoms with E-state index < -0.39 is 6.16 Å². The number of nitrogens with zero attached hydrogens (tertiary/aromatic N) is 2. The zero-order valence-corrected chi connectivity index (χ0v) is 20.8. The molecule has 0 saturated carbocycles. The summed E-state index contributed by atoms with van der Waals surface area (Å²) in [7, 11) is 0. The monoisotopic (exact) mass is 448 g/mol. The summed E-state index contributed by atoms with van der Waals surface area (Å²) in [4.78, 5) is 16.8. The van der Waals surface area contributed by atoms with Crippen molar-refractivity contribution in [3.8, 4) is 5.75 Å². The quantitative estimate of drug-likeness (QED) is 0.172. The largest absolute Gasteiger partial charge is 0.558 e. The average Bonchev–Trinajstić information content (AvgIpc) is 3.06. The first-order valence-electron chi connectivity index (χ1n) is 12.5. The summed E-state index contributed by atoms with van der Waals surface area (Å²) in [5.41, 5.74) is 1.76. The molecule has 0 saturated heterocycles. The summed E-state index contributed by atoms with van der Waals surface area (Å²) >= 11 is 0. The van der Waals surface area contributed by atoms with Crippen LogP contribution in [0.3, 0.4) is 0 Å². The first kappa shape index (κ1) is 26.2. The molecule has 2 rings (SSSR count). The third-order valence-electron chi connectivity index (χ3n) is 6.22. The fraction of sp³-hybridized carbons (Fsp3) is 0.692. The second kappa shape index (κ2) is 12.8. The van der Waals surface area contributed by atoms with Crippen LogP contribution in [0, 0.1) is 0 Å². The number of benzene rings is 1. The van der Waals surface area contributed by atoms with Crippen LogP contribution in [0.15, 0.2) is 18.2 Å². The van der Waals surface area contributed by atoms with E-state index in [4.69, 9.17) is 9.57 Å². The molecule has 0 radical (unpaired) electrons. The highest BCUT2D eigenvalue weighted by Gasteiger charge is 2.53. The third kappa shape index (κ3) is 6.96. The smallest absolute Gasteiger partial charge is 0.493 e. The molecule has 1 aliphatic heterocycles. The van der Waals surface area contributed by atoms with Crippen molar-refractivity contribution in [2.24, 2.45) is 0 Å². The van der Waals surface area contributed by atoms with E-state index in [1.165, 1.54) is 57.8 Å². The van der Waals surface area contributed by atoms with Crippen molar-refractivity contribution in [1.82, 2.24) is 4.65 Å². The predicted octanol–water partition coefficient (Wildman–Crippen LogP) is 7.41. The first-order chi connectivity index (χ1) is 15.3. The van der Waals surface area contributed by atoms with Gasteiger partial charge in [-0.15, -0.1) is 4.58 Å². The molecule has 0 aromatic heterocycles. The second-order valence-corrected chi connectivity index (χ2v) is 9.46. The molecule has 0 fully saturated rings. The lowest BCUT2D eigenvalue weighted by molar-refractivity contribution is -0.470. The van der Waals surface area contributed by atoms with Gasteiger partial charge >= 0.3 is 12.5 Å². The van der Waals surface area contributed by atoms with E-state index in [2.05, 4.69) is 25.3 Å². The molecule has 32 heavy (non-hydrogen) atoms. The van der Waals surface area contributed by atoms with E-state index >= 15 is 0 Å². The Labute approximate surface area is 194 Å². The molecular weight excluding hydrogens is 404 g/mol. The molecule has 0 amide bonds. The minimum Gasteiger partial charge on any atom is -0.493 e. The minimum atomic E-state index is -1.28. The van der Waals surface area contributed by atoms with E-state index in [-0.39, 0.29) is 16.7 Å². The fourth-order valence-electron chi connectivity index (χ4n) is 4.31. The van der Waals surface area contributed by atoms with Crippen LogP contribution in [0.5, 0.6) is 5.75 Å². The zero-order chi connectivity index (χ0) is 23.6. The van der Waals surface area contributed by atoms with Gasteiger partial charge in [0.1, 0.15) is 11.8 Å². The van der Waals surface area contributed by atoms with Crippen LogP contribution in [-0.2, 0) is 4.84 Å². The van der Waals surface area contributed by atoms with Gasteiger partial charge in [0.25, 0.3) is 11.4 Å². The van der Waals surface area contributed by atoms with Crippen LogP contribution >= 0.6 is 0 Å². The lowest BCUT2D eigenvalue weighted by Crippen LogP contribution is -2.53. The number of carbonyl (C=O) groups is 1. The number of rotatable bonds is 15. The highest BCUT2D eigenvalue weighted by atomic mass is 16.8.